The lowest BCUT2D eigenvalue weighted by molar-refractivity contribution is 0.463. The summed E-state index contributed by atoms with van der Waals surface area (Å²) in [6.07, 6.45) is 2.06. The van der Waals surface area contributed by atoms with Gasteiger partial charge in [0, 0.05) is 4.47 Å². The molecular weight excluding hydrogens is 228 g/mol. The lowest BCUT2D eigenvalue weighted by Crippen LogP contribution is -1.92. The number of halogens is 1. The van der Waals surface area contributed by atoms with Crippen molar-refractivity contribution in [3.63, 3.8) is 0 Å². The van der Waals surface area contributed by atoms with Crippen molar-refractivity contribution in [3.8, 4) is 5.75 Å². The largest absolute Gasteiger partial charge is 0.508 e. The average molecular weight is 243 g/mol. The standard InChI is InChI=1S/C11H15BrO/c1-8(2)3-4-9-7-10(12)5-6-11(9)13/h5-8,13H,3-4H2,1-2H3. The summed E-state index contributed by atoms with van der Waals surface area (Å²) in [7, 11) is 0. The monoisotopic (exact) mass is 242 g/mol. The number of phenolic OH excluding ortho intramolecular Hbond substituents is 1. The molecule has 0 radical (unpaired) electrons. The summed E-state index contributed by atoms with van der Waals surface area (Å²) in [5, 5.41) is 9.53. The normalized spacial score (nSPS) is 10.8. The third kappa shape index (κ3) is 3.39. The number of hydrogen-bond acceptors (Lipinski definition) is 1. The fraction of sp³-hybridized carbons (Fsp3) is 0.455. The van der Waals surface area contributed by atoms with Crippen LogP contribution in [0.5, 0.6) is 5.75 Å². The summed E-state index contributed by atoms with van der Waals surface area (Å²) in [6.45, 7) is 4.38. The number of aromatic hydroxyl groups is 1. The van der Waals surface area contributed by atoms with Crippen LogP contribution in [0.4, 0.5) is 0 Å². The minimum absolute atomic E-state index is 0.406. The maximum atomic E-state index is 9.53. The Morgan fingerprint density at radius 3 is 2.69 bits per heavy atom. The van der Waals surface area contributed by atoms with Gasteiger partial charge in [-0.15, -0.1) is 0 Å². The molecule has 1 aromatic carbocycles. The Morgan fingerprint density at radius 2 is 2.08 bits per heavy atom. The molecule has 0 spiro atoms. The number of phenols is 1. The lowest BCUT2D eigenvalue weighted by atomic mass is 10.0. The highest BCUT2D eigenvalue weighted by molar-refractivity contribution is 9.10. The number of rotatable bonds is 3. The molecule has 0 aliphatic heterocycles. The first-order valence-corrected chi connectivity index (χ1v) is 5.36. The molecule has 0 atom stereocenters. The Bertz CT molecular complexity index is 281. The summed E-state index contributed by atoms with van der Waals surface area (Å²) in [5.74, 6) is 1.09. The predicted molar refractivity (Wildman–Crippen MR) is 59.0 cm³/mol. The fourth-order valence-corrected chi connectivity index (χ4v) is 1.61. The Kier molecular flexibility index (Phi) is 3.79. The van der Waals surface area contributed by atoms with Gasteiger partial charge in [0.15, 0.2) is 0 Å². The van der Waals surface area contributed by atoms with Crippen LogP contribution in [0, 0.1) is 5.92 Å². The SMILES string of the molecule is CC(C)CCc1cc(Br)ccc1O. The molecule has 1 nitrogen and oxygen atoms in total. The van der Waals surface area contributed by atoms with Crippen LogP contribution in [0.1, 0.15) is 25.8 Å². The minimum Gasteiger partial charge on any atom is -0.508 e. The summed E-state index contributed by atoms with van der Waals surface area (Å²) in [6, 6.07) is 5.58. The molecule has 0 unspecified atom stereocenters. The molecule has 0 aliphatic rings. The Labute approximate surface area is 87.9 Å². The van der Waals surface area contributed by atoms with E-state index in [1.165, 1.54) is 0 Å². The van der Waals surface area contributed by atoms with Gasteiger partial charge in [0.25, 0.3) is 0 Å². The molecule has 0 bridgehead atoms. The zero-order chi connectivity index (χ0) is 9.84. The van der Waals surface area contributed by atoms with Crippen LogP contribution in [0.25, 0.3) is 0 Å². The van der Waals surface area contributed by atoms with Crippen LogP contribution < -0.4 is 0 Å². The lowest BCUT2D eigenvalue weighted by Gasteiger charge is -2.06. The van der Waals surface area contributed by atoms with Crippen LogP contribution in [0.3, 0.4) is 0 Å². The highest BCUT2D eigenvalue weighted by atomic mass is 79.9. The fourth-order valence-electron chi connectivity index (χ4n) is 1.20. The molecule has 2 heteroatoms. The maximum Gasteiger partial charge on any atom is 0.118 e. The smallest absolute Gasteiger partial charge is 0.118 e. The van der Waals surface area contributed by atoms with Crippen molar-refractivity contribution in [2.45, 2.75) is 26.7 Å². The maximum absolute atomic E-state index is 9.53. The van der Waals surface area contributed by atoms with Gasteiger partial charge in [-0.2, -0.15) is 0 Å². The Balaban J connectivity index is 2.70. The number of benzene rings is 1. The van der Waals surface area contributed by atoms with E-state index in [4.69, 9.17) is 0 Å². The van der Waals surface area contributed by atoms with Gasteiger partial charge >= 0.3 is 0 Å². The van der Waals surface area contributed by atoms with Crippen LogP contribution in [0.15, 0.2) is 22.7 Å². The van der Waals surface area contributed by atoms with E-state index in [0.29, 0.717) is 11.7 Å². The predicted octanol–water partition coefficient (Wildman–Crippen LogP) is 3.74. The second-order valence-electron chi connectivity index (χ2n) is 3.71. The first-order chi connectivity index (χ1) is 6.09. The van der Waals surface area contributed by atoms with E-state index in [0.717, 1.165) is 22.9 Å². The van der Waals surface area contributed by atoms with Gasteiger partial charge in [-0.3, -0.25) is 0 Å². The van der Waals surface area contributed by atoms with E-state index in [9.17, 15) is 5.11 Å². The van der Waals surface area contributed by atoms with Crippen molar-refractivity contribution in [1.29, 1.82) is 0 Å². The molecule has 0 heterocycles. The van der Waals surface area contributed by atoms with Gasteiger partial charge in [0.05, 0.1) is 0 Å². The molecule has 0 fully saturated rings. The van der Waals surface area contributed by atoms with Crippen molar-refractivity contribution in [1.82, 2.24) is 0 Å². The third-order valence-corrected chi connectivity index (χ3v) is 2.53. The van der Waals surface area contributed by atoms with E-state index in [1.54, 1.807) is 6.07 Å². The first-order valence-electron chi connectivity index (χ1n) is 4.57. The highest BCUT2D eigenvalue weighted by Gasteiger charge is 2.02. The summed E-state index contributed by atoms with van der Waals surface area (Å²) < 4.78 is 1.03. The Morgan fingerprint density at radius 1 is 1.38 bits per heavy atom. The van der Waals surface area contributed by atoms with Crippen LogP contribution in [-0.2, 0) is 6.42 Å². The summed E-state index contributed by atoms with van der Waals surface area (Å²) in [5.41, 5.74) is 1.03. The molecule has 0 aliphatic carbocycles. The zero-order valence-electron chi connectivity index (χ0n) is 8.05. The van der Waals surface area contributed by atoms with E-state index in [1.807, 2.05) is 12.1 Å². The van der Waals surface area contributed by atoms with Crippen molar-refractivity contribution in [2.75, 3.05) is 0 Å². The van der Waals surface area contributed by atoms with Crippen molar-refractivity contribution in [3.05, 3.63) is 28.2 Å². The molecule has 0 amide bonds. The minimum atomic E-state index is 0.406. The molecule has 0 saturated heterocycles. The van der Waals surface area contributed by atoms with Gasteiger partial charge in [-0.1, -0.05) is 29.8 Å². The van der Waals surface area contributed by atoms with Crippen LogP contribution in [0.2, 0.25) is 0 Å². The van der Waals surface area contributed by atoms with Gasteiger partial charge < -0.3 is 5.11 Å². The van der Waals surface area contributed by atoms with Crippen molar-refractivity contribution < 1.29 is 5.11 Å². The highest BCUT2D eigenvalue weighted by Crippen LogP contribution is 2.23. The summed E-state index contributed by atoms with van der Waals surface area (Å²) in [4.78, 5) is 0. The molecule has 1 aromatic rings. The van der Waals surface area contributed by atoms with E-state index in [-0.39, 0.29) is 0 Å². The van der Waals surface area contributed by atoms with Crippen LogP contribution >= 0.6 is 15.9 Å². The third-order valence-electron chi connectivity index (χ3n) is 2.03. The second-order valence-corrected chi connectivity index (χ2v) is 4.62. The van der Waals surface area contributed by atoms with E-state index in [2.05, 4.69) is 29.8 Å². The quantitative estimate of drug-likeness (QED) is 0.857. The topological polar surface area (TPSA) is 20.2 Å². The van der Waals surface area contributed by atoms with Gasteiger partial charge in [-0.25, -0.2) is 0 Å². The van der Waals surface area contributed by atoms with Gasteiger partial charge in [0.2, 0.25) is 0 Å². The molecule has 1 rings (SSSR count). The number of aryl methyl sites for hydroxylation is 1. The molecule has 72 valence electrons. The second kappa shape index (κ2) is 4.66. The van der Waals surface area contributed by atoms with Crippen molar-refractivity contribution in [2.24, 2.45) is 5.92 Å². The van der Waals surface area contributed by atoms with Crippen LogP contribution in [-0.4, -0.2) is 5.11 Å². The van der Waals surface area contributed by atoms with E-state index >= 15 is 0 Å². The Hall–Kier alpha value is -0.500. The number of hydrogen-bond donors (Lipinski definition) is 1. The molecule has 1 N–H and O–H groups in total. The van der Waals surface area contributed by atoms with Crippen molar-refractivity contribution >= 4 is 15.9 Å². The average Bonchev–Trinajstić information content (AvgIpc) is 2.06. The molecular formula is C11H15BrO. The first kappa shape index (κ1) is 10.6. The molecule has 0 aromatic heterocycles. The van der Waals surface area contributed by atoms with E-state index < -0.39 is 0 Å². The zero-order valence-corrected chi connectivity index (χ0v) is 9.63. The molecule has 13 heavy (non-hydrogen) atoms. The van der Waals surface area contributed by atoms with Gasteiger partial charge in [0.1, 0.15) is 5.75 Å². The van der Waals surface area contributed by atoms with Gasteiger partial charge in [-0.05, 0) is 42.5 Å². The molecule has 0 saturated carbocycles. The summed E-state index contributed by atoms with van der Waals surface area (Å²) >= 11 is 3.39.